The van der Waals surface area contributed by atoms with Gasteiger partial charge in [-0.2, -0.15) is 0 Å². The van der Waals surface area contributed by atoms with E-state index in [0.717, 1.165) is 31.0 Å². The molecule has 2 fully saturated rings. The molecule has 14 heavy (non-hydrogen) atoms. The van der Waals surface area contributed by atoms with Gasteiger partial charge in [0, 0.05) is 12.6 Å². The van der Waals surface area contributed by atoms with Gasteiger partial charge in [0.2, 0.25) is 0 Å². The first-order chi connectivity index (χ1) is 6.79. The molecule has 2 saturated carbocycles. The van der Waals surface area contributed by atoms with Crippen LogP contribution in [0.4, 0.5) is 0 Å². The zero-order valence-electron chi connectivity index (χ0n) is 9.24. The quantitative estimate of drug-likeness (QED) is 0.733. The van der Waals surface area contributed by atoms with Gasteiger partial charge in [-0.15, -0.1) is 0 Å². The van der Waals surface area contributed by atoms with E-state index in [1.807, 2.05) is 6.92 Å². The lowest BCUT2D eigenvalue weighted by Gasteiger charge is -2.24. The van der Waals surface area contributed by atoms with Crippen LogP contribution in [0.15, 0.2) is 0 Å². The van der Waals surface area contributed by atoms with Crippen molar-refractivity contribution in [2.75, 3.05) is 13.2 Å². The zero-order valence-corrected chi connectivity index (χ0v) is 9.24. The molecule has 2 bridgehead atoms. The molecular weight excluding hydrogens is 174 g/mol. The van der Waals surface area contributed by atoms with Crippen molar-refractivity contribution in [3.05, 3.63) is 0 Å². The molecule has 0 radical (unpaired) electrons. The van der Waals surface area contributed by atoms with Gasteiger partial charge in [-0.3, -0.25) is 0 Å². The Morgan fingerprint density at radius 2 is 2.21 bits per heavy atom. The Morgan fingerprint density at radius 3 is 2.79 bits per heavy atom. The molecule has 2 heteroatoms. The van der Waals surface area contributed by atoms with Gasteiger partial charge in [-0.05, 0) is 50.4 Å². The average Bonchev–Trinajstić information content (AvgIpc) is 2.76. The summed E-state index contributed by atoms with van der Waals surface area (Å²) >= 11 is 0. The predicted octanol–water partition coefficient (Wildman–Crippen LogP) is 2.18. The van der Waals surface area contributed by atoms with Gasteiger partial charge in [0.1, 0.15) is 0 Å². The summed E-state index contributed by atoms with van der Waals surface area (Å²) in [6.45, 7) is 3.58. The van der Waals surface area contributed by atoms with Gasteiger partial charge < -0.3 is 10.5 Å². The molecule has 2 aliphatic carbocycles. The van der Waals surface area contributed by atoms with E-state index < -0.39 is 0 Å². The fourth-order valence-corrected chi connectivity index (χ4v) is 3.39. The molecule has 2 aliphatic rings. The SMILES string of the molecule is CCOCC(N)CC1CC2CCC1C2. The summed E-state index contributed by atoms with van der Waals surface area (Å²) in [7, 11) is 0. The van der Waals surface area contributed by atoms with E-state index in [9.17, 15) is 0 Å². The summed E-state index contributed by atoms with van der Waals surface area (Å²) in [5.74, 6) is 2.97. The average molecular weight is 197 g/mol. The Hall–Kier alpha value is -0.0800. The van der Waals surface area contributed by atoms with Gasteiger partial charge in [-0.25, -0.2) is 0 Å². The number of hydrogen-bond donors (Lipinski definition) is 1. The Morgan fingerprint density at radius 1 is 1.36 bits per heavy atom. The minimum atomic E-state index is 0.277. The summed E-state index contributed by atoms with van der Waals surface area (Å²) in [5.41, 5.74) is 6.05. The van der Waals surface area contributed by atoms with E-state index in [1.54, 1.807) is 0 Å². The minimum absolute atomic E-state index is 0.277. The van der Waals surface area contributed by atoms with Crippen LogP contribution in [0, 0.1) is 17.8 Å². The first-order valence-electron chi connectivity index (χ1n) is 6.13. The molecule has 0 heterocycles. The van der Waals surface area contributed by atoms with Crippen molar-refractivity contribution in [2.24, 2.45) is 23.5 Å². The van der Waals surface area contributed by atoms with E-state index in [4.69, 9.17) is 10.5 Å². The third-order valence-electron chi connectivity index (χ3n) is 4.03. The van der Waals surface area contributed by atoms with Crippen molar-refractivity contribution >= 4 is 0 Å². The lowest BCUT2D eigenvalue weighted by Crippen LogP contribution is -2.30. The highest BCUT2D eigenvalue weighted by Crippen LogP contribution is 2.49. The molecule has 0 aromatic carbocycles. The van der Waals surface area contributed by atoms with Crippen LogP contribution in [0.1, 0.15) is 39.0 Å². The van der Waals surface area contributed by atoms with Crippen molar-refractivity contribution in [1.82, 2.24) is 0 Å². The maximum Gasteiger partial charge on any atom is 0.0617 e. The molecule has 0 amide bonds. The van der Waals surface area contributed by atoms with E-state index in [1.165, 1.54) is 32.1 Å². The Balaban J connectivity index is 1.70. The number of nitrogens with two attached hydrogens (primary N) is 1. The second-order valence-corrected chi connectivity index (χ2v) is 5.09. The van der Waals surface area contributed by atoms with Gasteiger partial charge in [0.05, 0.1) is 6.61 Å². The van der Waals surface area contributed by atoms with Crippen LogP contribution in [0.25, 0.3) is 0 Å². The topological polar surface area (TPSA) is 35.2 Å². The van der Waals surface area contributed by atoms with Crippen molar-refractivity contribution < 1.29 is 4.74 Å². The van der Waals surface area contributed by atoms with Crippen molar-refractivity contribution in [3.8, 4) is 0 Å². The summed E-state index contributed by atoms with van der Waals surface area (Å²) in [5, 5.41) is 0. The van der Waals surface area contributed by atoms with Crippen molar-refractivity contribution in [3.63, 3.8) is 0 Å². The second-order valence-electron chi connectivity index (χ2n) is 5.09. The Bertz CT molecular complexity index is 183. The van der Waals surface area contributed by atoms with Gasteiger partial charge in [0.15, 0.2) is 0 Å². The van der Waals surface area contributed by atoms with Crippen molar-refractivity contribution in [2.45, 2.75) is 45.1 Å². The first-order valence-corrected chi connectivity index (χ1v) is 6.13. The van der Waals surface area contributed by atoms with Gasteiger partial charge in [-0.1, -0.05) is 6.42 Å². The number of fused-ring (bicyclic) bond motifs is 2. The van der Waals surface area contributed by atoms with Gasteiger partial charge in [0.25, 0.3) is 0 Å². The number of hydrogen-bond acceptors (Lipinski definition) is 2. The largest absolute Gasteiger partial charge is 0.380 e. The fourth-order valence-electron chi connectivity index (χ4n) is 3.39. The molecule has 0 spiro atoms. The van der Waals surface area contributed by atoms with Crippen LogP contribution >= 0.6 is 0 Å². The molecule has 0 aromatic rings. The molecule has 0 saturated heterocycles. The Kier molecular flexibility index (Phi) is 3.45. The molecule has 82 valence electrons. The summed E-state index contributed by atoms with van der Waals surface area (Å²) in [6, 6.07) is 0.277. The van der Waals surface area contributed by atoms with Gasteiger partial charge >= 0.3 is 0 Å². The smallest absolute Gasteiger partial charge is 0.0617 e. The van der Waals surface area contributed by atoms with E-state index in [2.05, 4.69) is 0 Å². The third-order valence-corrected chi connectivity index (χ3v) is 4.03. The zero-order chi connectivity index (χ0) is 9.97. The molecule has 2 nitrogen and oxygen atoms in total. The highest BCUT2D eigenvalue weighted by Gasteiger charge is 2.39. The maximum absolute atomic E-state index is 6.05. The van der Waals surface area contributed by atoms with Crippen LogP contribution in [0.5, 0.6) is 0 Å². The Labute approximate surface area is 87.2 Å². The summed E-state index contributed by atoms with van der Waals surface area (Å²) in [4.78, 5) is 0. The highest BCUT2D eigenvalue weighted by molar-refractivity contribution is 4.91. The van der Waals surface area contributed by atoms with Crippen LogP contribution in [-0.4, -0.2) is 19.3 Å². The minimum Gasteiger partial charge on any atom is -0.380 e. The maximum atomic E-state index is 6.05. The molecule has 4 unspecified atom stereocenters. The van der Waals surface area contributed by atoms with Crippen LogP contribution in [0.3, 0.4) is 0 Å². The molecule has 2 rings (SSSR count). The van der Waals surface area contributed by atoms with E-state index in [-0.39, 0.29) is 6.04 Å². The lowest BCUT2D eigenvalue weighted by atomic mass is 9.84. The molecule has 4 atom stereocenters. The summed E-state index contributed by atoms with van der Waals surface area (Å²) < 4.78 is 5.36. The van der Waals surface area contributed by atoms with Crippen LogP contribution in [-0.2, 0) is 4.74 Å². The third kappa shape index (κ3) is 2.29. The van der Waals surface area contributed by atoms with Crippen molar-refractivity contribution in [1.29, 1.82) is 0 Å². The molecule has 0 aliphatic heterocycles. The second kappa shape index (κ2) is 4.63. The van der Waals surface area contributed by atoms with Crippen LogP contribution < -0.4 is 5.73 Å². The van der Waals surface area contributed by atoms with E-state index >= 15 is 0 Å². The number of rotatable bonds is 5. The fraction of sp³-hybridized carbons (Fsp3) is 1.00. The highest BCUT2D eigenvalue weighted by atomic mass is 16.5. The molecule has 0 aromatic heterocycles. The lowest BCUT2D eigenvalue weighted by molar-refractivity contribution is 0.121. The predicted molar refractivity (Wildman–Crippen MR) is 58.0 cm³/mol. The van der Waals surface area contributed by atoms with Crippen LogP contribution in [0.2, 0.25) is 0 Å². The monoisotopic (exact) mass is 197 g/mol. The summed E-state index contributed by atoms with van der Waals surface area (Å²) in [6.07, 6.45) is 7.09. The molecule has 2 N–H and O–H groups in total. The number of ether oxygens (including phenoxy) is 1. The standard InChI is InChI=1S/C12H23NO/c1-2-14-8-12(13)7-11-6-9-3-4-10(11)5-9/h9-12H,2-8,13H2,1H3. The molecular formula is C12H23NO. The van der Waals surface area contributed by atoms with E-state index in [0.29, 0.717) is 0 Å². The first kappa shape index (κ1) is 10.4. The normalized spacial score (nSPS) is 37.7.